The van der Waals surface area contributed by atoms with Crippen molar-refractivity contribution in [1.29, 1.82) is 0 Å². The molecule has 3 heteroatoms. The van der Waals surface area contributed by atoms with Crippen LogP contribution < -0.4 is 11.3 Å². The molecular weight excluding hydrogens is 188 g/mol. The van der Waals surface area contributed by atoms with Crippen LogP contribution in [0.5, 0.6) is 0 Å². The largest absolute Gasteiger partial charge is 0.385 e. The van der Waals surface area contributed by atoms with Crippen LogP contribution in [0, 0.1) is 0 Å². The van der Waals surface area contributed by atoms with Gasteiger partial charge in [0.15, 0.2) is 0 Å². The molecule has 0 atom stereocenters. The van der Waals surface area contributed by atoms with Gasteiger partial charge in [-0.15, -0.1) is 0 Å². The van der Waals surface area contributed by atoms with E-state index in [1.807, 2.05) is 44.2 Å². The van der Waals surface area contributed by atoms with Gasteiger partial charge in [-0.25, -0.2) is 0 Å². The van der Waals surface area contributed by atoms with Crippen molar-refractivity contribution in [3.05, 3.63) is 40.7 Å². The van der Waals surface area contributed by atoms with Crippen molar-refractivity contribution in [2.45, 2.75) is 19.9 Å². The number of fused-ring (bicyclic) bond motifs is 1. The Morgan fingerprint density at radius 2 is 1.93 bits per heavy atom. The first kappa shape index (κ1) is 9.77. The van der Waals surface area contributed by atoms with Gasteiger partial charge in [0.1, 0.15) is 5.82 Å². The summed E-state index contributed by atoms with van der Waals surface area (Å²) < 4.78 is 1.61. The zero-order valence-electron chi connectivity index (χ0n) is 8.90. The van der Waals surface area contributed by atoms with Crippen LogP contribution in [0.1, 0.15) is 19.9 Å². The number of nitrogen functional groups attached to an aromatic ring is 1. The molecule has 0 saturated carbocycles. The van der Waals surface area contributed by atoms with E-state index in [1.165, 1.54) is 0 Å². The molecule has 0 bridgehead atoms. The first-order valence-corrected chi connectivity index (χ1v) is 5.01. The molecule has 0 spiro atoms. The second-order valence-electron chi connectivity index (χ2n) is 3.93. The topological polar surface area (TPSA) is 48.0 Å². The number of aromatic nitrogens is 1. The molecule has 1 aromatic heterocycles. The normalized spacial score (nSPS) is 11.1. The van der Waals surface area contributed by atoms with E-state index in [-0.39, 0.29) is 11.6 Å². The van der Waals surface area contributed by atoms with Crippen LogP contribution in [0.2, 0.25) is 0 Å². The van der Waals surface area contributed by atoms with E-state index in [0.29, 0.717) is 5.82 Å². The molecule has 1 aromatic carbocycles. The van der Waals surface area contributed by atoms with Gasteiger partial charge < -0.3 is 5.73 Å². The van der Waals surface area contributed by atoms with Crippen LogP contribution in [-0.4, -0.2) is 4.57 Å². The Morgan fingerprint density at radius 1 is 1.27 bits per heavy atom. The Bertz CT molecular complexity index is 555. The third kappa shape index (κ3) is 1.50. The van der Waals surface area contributed by atoms with Crippen molar-refractivity contribution in [3.8, 4) is 0 Å². The maximum Gasteiger partial charge on any atom is 0.260 e. The highest BCUT2D eigenvalue weighted by molar-refractivity contribution is 5.83. The predicted molar refractivity (Wildman–Crippen MR) is 63.0 cm³/mol. The van der Waals surface area contributed by atoms with Crippen molar-refractivity contribution in [2.24, 2.45) is 0 Å². The number of hydrogen-bond acceptors (Lipinski definition) is 2. The van der Waals surface area contributed by atoms with Crippen LogP contribution in [0.25, 0.3) is 10.8 Å². The number of nitrogens with zero attached hydrogens (tertiary/aromatic N) is 1. The molecule has 1 heterocycles. The highest BCUT2D eigenvalue weighted by Gasteiger charge is 2.08. The van der Waals surface area contributed by atoms with Gasteiger partial charge in [0.05, 0.1) is 0 Å². The quantitative estimate of drug-likeness (QED) is 0.770. The van der Waals surface area contributed by atoms with Crippen molar-refractivity contribution in [1.82, 2.24) is 4.57 Å². The summed E-state index contributed by atoms with van der Waals surface area (Å²) in [5.74, 6) is 0.522. The minimum atomic E-state index is -0.0133. The van der Waals surface area contributed by atoms with Crippen molar-refractivity contribution >= 4 is 16.6 Å². The molecule has 3 nitrogen and oxygen atoms in total. The number of pyridine rings is 1. The van der Waals surface area contributed by atoms with E-state index in [2.05, 4.69) is 0 Å². The molecule has 0 amide bonds. The first-order valence-electron chi connectivity index (χ1n) is 5.01. The summed E-state index contributed by atoms with van der Waals surface area (Å²) in [6.07, 6.45) is 0. The molecular formula is C12H14N2O. The monoisotopic (exact) mass is 202 g/mol. The van der Waals surface area contributed by atoms with Crippen LogP contribution >= 0.6 is 0 Å². The van der Waals surface area contributed by atoms with Crippen LogP contribution in [-0.2, 0) is 0 Å². The van der Waals surface area contributed by atoms with E-state index in [4.69, 9.17) is 5.73 Å². The van der Waals surface area contributed by atoms with Gasteiger partial charge >= 0.3 is 0 Å². The maximum atomic E-state index is 12.1. The zero-order chi connectivity index (χ0) is 11.0. The highest BCUT2D eigenvalue weighted by atomic mass is 16.1. The van der Waals surface area contributed by atoms with Gasteiger partial charge in [0, 0.05) is 11.4 Å². The SMILES string of the molecule is CC(C)n1c(N)cc2ccccc2c1=O. The fourth-order valence-corrected chi connectivity index (χ4v) is 1.83. The fraction of sp³-hybridized carbons (Fsp3) is 0.250. The third-order valence-electron chi connectivity index (χ3n) is 2.51. The van der Waals surface area contributed by atoms with Gasteiger partial charge in [-0.2, -0.15) is 0 Å². The number of hydrogen-bond donors (Lipinski definition) is 1. The molecule has 0 unspecified atom stereocenters. The number of nitrogens with two attached hydrogens (primary N) is 1. The summed E-state index contributed by atoms with van der Waals surface area (Å²) in [4.78, 5) is 12.1. The van der Waals surface area contributed by atoms with Gasteiger partial charge in [0.25, 0.3) is 5.56 Å². The molecule has 0 aliphatic rings. The number of anilines is 1. The maximum absolute atomic E-state index is 12.1. The molecule has 2 aromatic rings. The Morgan fingerprint density at radius 3 is 2.60 bits per heavy atom. The second-order valence-corrected chi connectivity index (χ2v) is 3.93. The summed E-state index contributed by atoms with van der Waals surface area (Å²) >= 11 is 0. The second kappa shape index (κ2) is 3.42. The molecule has 2 rings (SSSR count). The van der Waals surface area contributed by atoms with Crippen LogP contribution in [0.15, 0.2) is 35.1 Å². The lowest BCUT2D eigenvalue weighted by atomic mass is 10.1. The van der Waals surface area contributed by atoms with E-state index >= 15 is 0 Å². The average Bonchev–Trinajstić information content (AvgIpc) is 2.17. The lowest BCUT2D eigenvalue weighted by molar-refractivity contribution is 0.591. The summed E-state index contributed by atoms with van der Waals surface area (Å²) in [5, 5.41) is 1.62. The van der Waals surface area contributed by atoms with E-state index in [1.54, 1.807) is 4.57 Å². The van der Waals surface area contributed by atoms with Gasteiger partial charge in [-0.05, 0) is 31.4 Å². The summed E-state index contributed by atoms with van der Waals surface area (Å²) in [7, 11) is 0. The molecule has 0 radical (unpaired) electrons. The first-order chi connectivity index (χ1) is 7.11. The van der Waals surface area contributed by atoms with Gasteiger partial charge in [-0.1, -0.05) is 18.2 Å². The summed E-state index contributed by atoms with van der Waals surface area (Å²) in [6, 6.07) is 9.43. The number of rotatable bonds is 1. The average molecular weight is 202 g/mol. The standard InChI is InChI=1S/C12H14N2O/c1-8(2)14-11(13)7-9-5-3-4-6-10(9)12(14)15/h3-8H,13H2,1-2H3. The van der Waals surface area contributed by atoms with Crippen molar-refractivity contribution in [2.75, 3.05) is 5.73 Å². The zero-order valence-corrected chi connectivity index (χ0v) is 8.90. The summed E-state index contributed by atoms with van der Waals surface area (Å²) in [6.45, 7) is 3.90. The summed E-state index contributed by atoms with van der Waals surface area (Å²) in [5.41, 5.74) is 5.84. The van der Waals surface area contributed by atoms with Crippen molar-refractivity contribution < 1.29 is 0 Å². The smallest absolute Gasteiger partial charge is 0.260 e. The molecule has 15 heavy (non-hydrogen) atoms. The Balaban J connectivity index is 2.91. The lowest BCUT2D eigenvalue weighted by Crippen LogP contribution is -2.24. The molecule has 2 N–H and O–H groups in total. The Hall–Kier alpha value is -1.77. The molecule has 78 valence electrons. The van der Waals surface area contributed by atoms with Crippen LogP contribution in [0.3, 0.4) is 0 Å². The molecule has 0 aliphatic carbocycles. The van der Waals surface area contributed by atoms with E-state index < -0.39 is 0 Å². The van der Waals surface area contributed by atoms with E-state index in [0.717, 1.165) is 10.8 Å². The lowest BCUT2D eigenvalue weighted by Gasteiger charge is -2.14. The Kier molecular flexibility index (Phi) is 2.23. The molecule has 0 saturated heterocycles. The molecule has 0 fully saturated rings. The van der Waals surface area contributed by atoms with E-state index in [9.17, 15) is 4.79 Å². The van der Waals surface area contributed by atoms with Crippen molar-refractivity contribution in [3.63, 3.8) is 0 Å². The van der Waals surface area contributed by atoms with Gasteiger partial charge in [-0.3, -0.25) is 9.36 Å². The highest BCUT2D eigenvalue weighted by Crippen LogP contribution is 2.16. The third-order valence-corrected chi connectivity index (χ3v) is 2.51. The van der Waals surface area contributed by atoms with Crippen LogP contribution in [0.4, 0.5) is 5.82 Å². The molecule has 0 aliphatic heterocycles. The van der Waals surface area contributed by atoms with Gasteiger partial charge in [0.2, 0.25) is 0 Å². The Labute approximate surface area is 88.1 Å². The predicted octanol–water partition coefficient (Wildman–Crippen LogP) is 2.16. The number of benzene rings is 1. The minimum Gasteiger partial charge on any atom is -0.385 e. The fourth-order valence-electron chi connectivity index (χ4n) is 1.83. The minimum absolute atomic E-state index is 0.0133.